The number of amides is 2. The summed E-state index contributed by atoms with van der Waals surface area (Å²) in [6.07, 6.45) is 3.10. The van der Waals surface area contributed by atoms with Crippen molar-refractivity contribution in [3.8, 4) is 0 Å². The largest absolute Gasteiger partial charge is 0.356 e. The minimum absolute atomic E-state index is 0.144. The monoisotopic (exact) mass is 156 g/mol. The molecule has 0 spiro atoms. The maximum Gasteiger partial charge on any atom is 0.243 e. The van der Waals surface area contributed by atoms with Gasteiger partial charge in [-0.2, -0.15) is 0 Å². The molecule has 0 bridgehead atoms. The van der Waals surface area contributed by atoms with Crippen LogP contribution in [0, 0.1) is 0 Å². The first-order valence-electron chi connectivity index (χ1n) is 2.87. The van der Waals surface area contributed by atoms with Gasteiger partial charge in [0.2, 0.25) is 12.3 Å². The van der Waals surface area contributed by atoms with E-state index in [1.54, 1.807) is 7.05 Å². The van der Waals surface area contributed by atoms with Crippen molar-refractivity contribution in [1.82, 2.24) is 10.6 Å². The Balaban J connectivity index is 0. The van der Waals surface area contributed by atoms with Gasteiger partial charge in [0.05, 0.1) is 0 Å². The molecule has 0 aromatic carbocycles. The lowest BCUT2D eigenvalue weighted by Crippen LogP contribution is -2.13. The zero-order valence-electron chi connectivity index (χ0n) is 6.46. The van der Waals surface area contributed by atoms with Crippen LogP contribution < -0.4 is 10.6 Å². The van der Waals surface area contributed by atoms with E-state index in [1.165, 1.54) is 12.3 Å². The third-order valence-corrected chi connectivity index (χ3v) is 0.618. The molecule has 0 heterocycles. The van der Waals surface area contributed by atoms with Crippen molar-refractivity contribution in [2.24, 2.45) is 0 Å². The Labute approximate surface area is 66.0 Å². The second kappa shape index (κ2) is 11.2. The van der Waals surface area contributed by atoms with Gasteiger partial charge in [-0.3, -0.25) is 9.59 Å². The number of hydrogen-bond donors (Lipinski definition) is 2. The number of likely N-dealkylation sites (N-methyl/N-ethyl adjacent to an activating group) is 1. The third kappa shape index (κ3) is 17.8. The van der Waals surface area contributed by atoms with Gasteiger partial charge in [-0.15, -0.1) is 0 Å². The number of nitrogens with one attached hydrogen (secondary N) is 2. The molecule has 0 rings (SSSR count). The van der Waals surface area contributed by atoms with Crippen molar-refractivity contribution < 1.29 is 9.59 Å². The highest BCUT2D eigenvalue weighted by molar-refractivity contribution is 5.86. The zero-order valence-corrected chi connectivity index (χ0v) is 6.46. The van der Waals surface area contributed by atoms with Crippen LogP contribution in [0.2, 0.25) is 0 Å². The Morgan fingerprint density at radius 3 is 2.00 bits per heavy atom. The van der Waals surface area contributed by atoms with Gasteiger partial charge in [-0.1, -0.05) is 13.2 Å². The topological polar surface area (TPSA) is 58.2 Å². The Bertz CT molecular complexity index is 137. The molecule has 0 saturated heterocycles. The predicted molar refractivity (Wildman–Crippen MR) is 43.7 cm³/mol. The first kappa shape index (κ1) is 12.1. The molecule has 0 atom stereocenters. The van der Waals surface area contributed by atoms with Gasteiger partial charge in [-0.25, -0.2) is 0 Å². The fourth-order valence-corrected chi connectivity index (χ4v) is 0.150. The van der Waals surface area contributed by atoms with Gasteiger partial charge in [0.25, 0.3) is 0 Å². The van der Waals surface area contributed by atoms with Crippen LogP contribution in [0.1, 0.15) is 0 Å². The smallest absolute Gasteiger partial charge is 0.243 e. The van der Waals surface area contributed by atoms with Crippen molar-refractivity contribution in [2.45, 2.75) is 0 Å². The van der Waals surface area contributed by atoms with Crippen LogP contribution in [-0.2, 0) is 9.59 Å². The van der Waals surface area contributed by atoms with E-state index in [2.05, 4.69) is 23.8 Å². The molecule has 11 heavy (non-hydrogen) atoms. The quantitative estimate of drug-likeness (QED) is 0.439. The summed E-state index contributed by atoms with van der Waals surface area (Å²) in [5, 5.41) is 4.55. The normalized spacial score (nSPS) is 6.27. The average Bonchev–Trinajstić information content (AvgIpc) is 2.06. The van der Waals surface area contributed by atoms with E-state index in [0.29, 0.717) is 6.41 Å². The van der Waals surface area contributed by atoms with Gasteiger partial charge in [0.1, 0.15) is 0 Å². The van der Waals surface area contributed by atoms with E-state index < -0.39 is 0 Å². The highest BCUT2D eigenvalue weighted by Gasteiger charge is 1.78. The van der Waals surface area contributed by atoms with E-state index in [0.717, 1.165) is 0 Å². The number of hydrogen-bond acceptors (Lipinski definition) is 2. The Morgan fingerprint density at radius 1 is 1.45 bits per heavy atom. The van der Waals surface area contributed by atoms with Crippen LogP contribution in [0.5, 0.6) is 0 Å². The zero-order chi connectivity index (χ0) is 9.11. The molecule has 0 aromatic heterocycles. The lowest BCUT2D eigenvalue weighted by molar-refractivity contribution is -0.116. The summed E-state index contributed by atoms with van der Waals surface area (Å²) >= 11 is 0. The standard InChI is InChI=1S/C4H7NO.C3H5NO/c1-3-4(6)5-2;1-2-4-3-5/h3H,1H2,2H3,(H,5,6);2-3H,1H2,(H,4,5). The van der Waals surface area contributed by atoms with Gasteiger partial charge in [0.15, 0.2) is 0 Å². The fourth-order valence-electron chi connectivity index (χ4n) is 0.150. The molecule has 0 aliphatic carbocycles. The fraction of sp³-hybridized carbons (Fsp3) is 0.143. The molecule has 4 heteroatoms. The summed E-state index contributed by atoms with van der Waals surface area (Å²) in [5.74, 6) is -0.144. The minimum Gasteiger partial charge on any atom is -0.356 e. The molecule has 0 fully saturated rings. The second-order valence-corrected chi connectivity index (χ2v) is 1.31. The predicted octanol–water partition coefficient (Wildman–Crippen LogP) is -0.206. The van der Waals surface area contributed by atoms with E-state index >= 15 is 0 Å². The van der Waals surface area contributed by atoms with E-state index in [1.807, 2.05) is 0 Å². The molecule has 2 N–H and O–H groups in total. The first-order valence-corrected chi connectivity index (χ1v) is 2.87. The Morgan fingerprint density at radius 2 is 2.00 bits per heavy atom. The van der Waals surface area contributed by atoms with Gasteiger partial charge >= 0.3 is 0 Å². The molecular weight excluding hydrogens is 144 g/mol. The van der Waals surface area contributed by atoms with Crippen LogP contribution in [-0.4, -0.2) is 19.4 Å². The van der Waals surface area contributed by atoms with Crippen LogP contribution in [0.4, 0.5) is 0 Å². The summed E-state index contributed by atoms with van der Waals surface area (Å²) < 4.78 is 0. The summed E-state index contributed by atoms with van der Waals surface area (Å²) in [7, 11) is 1.56. The molecule has 0 aromatic rings. The molecule has 62 valence electrons. The van der Waals surface area contributed by atoms with Crippen LogP contribution in [0.25, 0.3) is 0 Å². The number of carbonyl (C=O) groups excluding carboxylic acids is 2. The summed E-state index contributed by atoms with van der Waals surface area (Å²) in [4.78, 5) is 19.2. The molecular formula is C7H12N2O2. The van der Waals surface area contributed by atoms with Crippen molar-refractivity contribution in [1.29, 1.82) is 0 Å². The maximum atomic E-state index is 9.95. The van der Waals surface area contributed by atoms with Crippen molar-refractivity contribution in [2.75, 3.05) is 7.05 Å². The Kier molecular flexibility index (Phi) is 12.4. The average molecular weight is 156 g/mol. The SMILES string of the molecule is C=CC(=O)NC.C=CNC=O. The molecule has 0 aliphatic rings. The summed E-state index contributed by atoms with van der Waals surface area (Å²) in [6, 6.07) is 0. The van der Waals surface area contributed by atoms with Gasteiger partial charge < -0.3 is 10.6 Å². The number of carbonyl (C=O) groups is 2. The highest BCUT2D eigenvalue weighted by atomic mass is 16.1. The number of rotatable bonds is 3. The van der Waals surface area contributed by atoms with Gasteiger partial charge in [0, 0.05) is 7.05 Å². The third-order valence-electron chi connectivity index (χ3n) is 0.618. The molecule has 0 radical (unpaired) electrons. The van der Waals surface area contributed by atoms with E-state index in [4.69, 9.17) is 0 Å². The summed E-state index contributed by atoms with van der Waals surface area (Å²) in [5.41, 5.74) is 0. The Hall–Kier alpha value is -1.58. The van der Waals surface area contributed by atoms with Crippen LogP contribution in [0.15, 0.2) is 25.4 Å². The maximum absolute atomic E-state index is 9.95. The molecule has 4 nitrogen and oxygen atoms in total. The highest BCUT2D eigenvalue weighted by Crippen LogP contribution is 1.56. The molecule has 0 saturated carbocycles. The minimum atomic E-state index is -0.144. The lowest BCUT2D eigenvalue weighted by atomic mass is 10.6. The first-order chi connectivity index (χ1) is 5.22. The molecule has 2 amide bonds. The van der Waals surface area contributed by atoms with Crippen molar-refractivity contribution in [3.05, 3.63) is 25.4 Å². The van der Waals surface area contributed by atoms with Crippen molar-refractivity contribution >= 4 is 12.3 Å². The molecule has 0 unspecified atom stereocenters. The second-order valence-electron chi connectivity index (χ2n) is 1.31. The van der Waals surface area contributed by atoms with Gasteiger partial charge in [-0.05, 0) is 12.3 Å². The molecule has 0 aliphatic heterocycles. The van der Waals surface area contributed by atoms with E-state index in [9.17, 15) is 9.59 Å². The van der Waals surface area contributed by atoms with Crippen LogP contribution in [0.3, 0.4) is 0 Å². The van der Waals surface area contributed by atoms with Crippen LogP contribution >= 0.6 is 0 Å². The van der Waals surface area contributed by atoms with E-state index in [-0.39, 0.29) is 5.91 Å². The summed E-state index contributed by atoms with van der Waals surface area (Å²) in [6.45, 7) is 6.43. The lowest BCUT2D eigenvalue weighted by Gasteiger charge is -1.82. The van der Waals surface area contributed by atoms with Crippen molar-refractivity contribution in [3.63, 3.8) is 0 Å².